The van der Waals surface area contributed by atoms with E-state index in [4.69, 9.17) is 0 Å². The lowest BCUT2D eigenvalue weighted by atomic mass is 9.90. The maximum absolute atomic E-state index is 12.9. The summed E-state index contributed by atoms with van der Waals surface area (Å²) in [6.07, 6.45) is 7.31. The van der Waals surface area contributed by atoms with Crippen molar-refractivity contribution in [3.05, 3.63) is 53.3 Å². The zero-order chi connectivity index (χ0) is 17.6. The van der Waals surface area contributed by atoms with Gasteiger partial charge in [0.2, 0.25) is 0 Å². The standard InChI is InChI=1S/C21H29N3O/c1-3-14-24-20(12-13-22-24)21(25)23-15-6-8-18(16-23)10-11-19-9-5-4-7-17(19)2/h4-5,7,9,12-13,18H,3,6,8,10-11,14-16H2,1-2H3/t18-/m1/s1. The first-order valence-corrected chi connectivity index (χ1v) is 9.54. The molecule has 0 spiro atoms. The van der Waals surface area contributed by atoms with Crippen LogP contribution in [-0.2, 0) is 13.0 Å². The van der Waals surface area contributed by atoms with Crippen molar-refractivity contribution in [2.24, 2.45) is 5.92 Å². The quantitative estimate of drug-likeness (QED) is 0.795. The molecule has 1 aliphatic rings. The van der Waals surface area contributed by atoms with E-state index >= 15 is 0 Å². The first kappa shape index (κ1) is 17.7. The van der Waals surface area contributed by atoms with Crippen molar-refractivity contribution in [2.75, 3.05) is 13.1 Å². The Labute approximate surface area is 150 Å². The Morgan fingerprint density at radius 3 is 2.92 bits per heavy atom. The second-order valence-corrected chi connectivity index (χ2v) is 7.16. The molecule has 0 radical (unpaired) electrons. The Hall–Kier alpha value is -2.10. The number of hydrogen-bond donors (Lipinski definition) is 0. The number of benzene rings is 1. The van der Waals surface area contributed by atoms with E-state index in [-0.39, 0.29) is 5.91 Å². The number of piperidine rings is 1. The molecule has 134 valence electrons. The van der Waals surface area contributed by atoms with Crippen LogP contribution in [0.4, 0.5) is 0 Å². The summed E-state index contributed by atoms with van der Waals surface area (Å²) in [5.41, 5.74) is 3.54. The summed E-state index contributed by atoms with van der Waals surface area (Å²) in [5.74, 6) is 0.742. The van der Waals surface area contributed by atoms with Crippen molar-refractivity contribution < 1.29 is 4.79 Å². The third-order valence-electron chi connectivity index (χ3n) is 5.26. The van der Waals surface area contributed by atoms with Gasteiger partial charge in [-0.15, -0.1) is 0 Å². The summed E-state index contributed by atoms with van der Waals surface area (Å²) in [6, 6.07) is 10.5. The molecule has 4 heteroatoms. The Bertz CT molecular complexity index is 707. The molecule has 1 aromatic carbocycles. The number of aryl methyl sites for hydroxylation is 3. The van der Waals surface area contributed by atoms with Gasteiger partial charge in [-0.3, -0.25) is 9.48 Å². The largest absolute Gasteiger partial charge is 0.337 e. The highest BCUT2D eigenvalue weighted by molar-refractivity contribution is 5.92. The molecule has 0 aliphatic carbocycles. The molecule has 1 aromatic heterocycles. The molecule has 1 aliphatic heterocycles. The Morgan fingerprint density at radius 2 is 2.12 bits per heavy atom. The van der Waals surface area contributed by atoms with Gasteiger partial charge in [0.15, 0.2) is 0 Å². The number of hydrogen-bond acceptors (Lipinski definition) is 2. The number of carbonyl (C=O) groups excluding carboxylic acids is 1. The molecule has 1 saturated heterocycles. The van der Waals surface area contributed by atoms with Crippen LogP contribution < -0.4 is 0 Å². The van der Waals surface area contributed by atoms with E-state index in [1.165, 1.54) is 17.5 Å². The Kier molecular flexibility index (Phi) is 5.90. The number of likely N-dealkylation sites (tertiary alicyclic amines) is 1. The summed E-state index contributed by atoms with van der Waals surface area (Å²) < 4.78 is 1.85. The fourth-order valence-electron chi connectivity index (χ4n) is 3.80. The molecule has 4 nitrogen and oxygen atoms in total. The molecule has 1 amide bonds. The van der Waals surface area contributed by atoms with Crippen LogP contribution in [0.5, 0.6) is 0 Å². The maximum atomic E-state index is 12.9. The van der Waals surface area contributed by atoms with Crippen molar-refractivity contribution >= 4 is 5.91 Å². The third-order valence-corrected chi connectivity index (χ3v) is 5.26. The molecule has 25 heavy (non-hydrogen) atoms. The number of aromatic nitrogens is 2. The first-order valence-electron chi connectivity index (χ1n) is 9.54. The fourth-order valence-corrected chi connectivity index (χ4v) is 3.80. The molecular weight excluding hydrogens is 310 g/mol. The zero-order valence-corrected chi connectivity index (χ0v) is 15.4. The second kappa shape index (κ2) is 8.32. The van der Waals surface area contributed by atoms with Crippen molar-refractivity contribution in [2.45, 2.75) is 52.5 Å². The van der Waals surface area contributed by atoms with Gasteiger partial charge in [0.05, 0.1) is 0 Å². The SMILES string of the molecule is CCCn1nccc1C(=O)N1CCC[C@H](CCc2ccccc2C)C1. The minimum atomic E-state index is 0.145. The van der Waals surface area contributed by atoms with Crippen molar-refractivity contribution in [1.29, 1.82) is 0 Å². The average Bonchev–Trinajstić information content (AvgIpc) is 3.09. The van der Waals surface area contributed by atoms with Gasteiger partial charge in [-0.1, -0.05) is 31.2 Å². The van der Waals surface area contributed by atoms with E-state index in [2.05, 4.69) is 43.2 Å². The number of carbonyl (C=O) groups is 1. The van der Waals surface area contributed by atoms with E-state index in [1.807, 2.05) is 15.6 Å². The molecule has 3 rings (SSSR count). The number of amides is 1. The van der Waals surface area contributed by atoms with Crippen LogP contribution in [0, 0.1) is 12.8 Å². The molecule has 0 saturated carbocycles. The predicted molar refractivity (Wildman–Crippen MR) is 101 cm³/mol. The van der Waals surface area contributed by atoms with Gasteiger partial charge in [-0.2, -0.15) is 5.10 Å². The number of rotatable bonds is 6. The third kappa shape index (κ3) is 4.30. The highest BCUT2D eigenvalue weighted by Crippen LogP contribution is 2.23. The van der Waals surface area contributed by atoms with Crippen LogP contribution in [0.25, 0.3) is 0 Å². The second-order valence-electron chi connectivity index (χ2n) is 7.16. The van der Waals surface area contributed by atoms with Crippen LogP contribution in [0.3, 0.4) is 0 Å². The van der Waals surface area contributed by atoms with Crippen LogP contribution in [0.1, 0.15) is 54.2 Å². The average molecular weight is 339 g/mol. The topological polar surface area (TPSA) is 38.1 Å². The van der Waals surface area contributed by atoms with E-state index < -0.39 is 0 Å². The molecular formula is C21H29N3O. The van der Waals surface area contributed by atoms with E-state index in [0.29, 0.717) is 5.92 Å². The zero-order valence-electron chi connectivity index (χ0n) is 15.4. The molecule has 0 N–H and O–H groups in total. The van der Waals surface area contributed by atoms with Crippen molar-refractivity contribution in [3.8, 4) is 0 Å². The van der Waals surface area contributed by atoms with Crippen LogP contribution in [0.15, 0.2) is 36.5 Å². The lowest BCUT2D eigenvalue weighted by Gasteiger charge is -2.33. The fraction of sp³-hybridized carbons (Fsp3) is 0.524. The van der Waals surface area contributed by atoms with Gasteiger partial charge in [-0.25, -0.2) is 0 Å². The Morgan fingerprint density at radius 1 is 1.28 bits per heavy atom. The van der Waals surface area contributed by atoms with E-state index in [0.717, 1.165) is 51.0 Å². The summed E-state index contributed by atoms with van der Waals surface area (Å²) in [7, 11) is 0. The van der Waals surface area contributed by atoms with Crippen LogP contribution >= 0.6 is 0 Å². The number of nitrogens with zero attached hydrogens (tertiary/aromatic N) is 3. The summed E-state index contributed by atoms with van der Waals surface area (Å²) in [5, 5.41) is 4.30. The Balaban J connectivity index is 1.60. The first-order chi connectivity index (χ1) is 12.2. The molecule has 1 atom stereocenters. The van der Waals surface area contributed by atoms with Gasteiger partial charge < -0.3 is 4.90 Å². The lowest BCUT2D eigenvalue weighted by molar-refractivity contribution is 0.0655. The lowest BCUT2D eigenvalue weighted by Crippen LogP contribution is -2.41. The molecule has 2 aromatic rings. The normalized spacial score (nSPS) is 17.7. The minimum Gasteiger partial charge on any atom is -0.337 e. The summed E-state index contributed by atoms with van der Waals surface area (Å²) >= 11 is 0. The molecule has 0 bridgehead atoms. The van der Waals surface area contributed by atoms with Crippen molar-refractivity contribution in [3.63, 3.8) is 0 Å². The van der Waals surface area contributed by atoms with Gasteiger partial charge >= 0.3 is 0 Å². The molecule has 0 unspecified atom stereocenters. The van der Waals surface area contributed by atoms with Gasteiger partial charge in [0, 0.05) is 25.8 Å². The maximum Gasteiger partial charge on any atom is 0.272 e. The summed E-state index contributed by atoms with van der Waals surface area (Å²) in [4.78, 5) is 14.9. The van der Waals surface area contributed by atoms with E-state index in [9.17, 15) is 4.79 Å². The van der Waals surface area contributed by atoms with Crippen LogP contribution in [-0.4, -0.2) is 33.7 Å². The van der Waals surface area contributed by atoms with Crippen LogP contribution in [0.2, 0.25) is 0 Å². The highest BCUT2D eigenvalue weighted by atomic mass is 16.2. The van der Waals surface area contributed by atoms with Gasteiger partial charge in [-0.05, 0) is 62.1 Å². The van der Waals surface area contributed by atoms with Crippen molar-refractivity contribution in [1.82, 2.24) is 14.7 Å². The van der Waals surface area contributed by atoms with E-state index in [1.54, 1.807) is 6.20 Å². The van der Waals surface area contributed by atoms with Gasteiger partial charge in [0.25, 0.3) is 5.91 Å². The monoisotopic (exact) mass is 339 g/mol. The minimum absolute atomic E-state index is 0.145. The highest BCUT2D eigenvalue weighted by Gasteiger charge is 2.26. The molecule has 2 heterocycles. The predicted octanol–water partition coefficient (Wildman–Crippen LogP) is 4.09. The smallest absolute Gasteiger partial charge is 0.272 e. The molecule has 1 fully saturated rings. The summed E-state index contributed by atoms with van der Waals surface area (Å²) in [6.45, 7) is 6.84. The van der Waals surface area contributed by atoms with Gasteiger partial charge in [0.1, 0.15) is 5.69 Å².